The molecular weight excluding hydrogens is 410 g/mol. The van der Waals surface area contributed by atoms with Gasteiger partial charge < -0.3 is 5.32 Å². The molecule has 0 aromatic heterocycles. The summed E-state index contributed by atoms with van der Waals surface area (Å²) >= 11 is 3.49. The number of halogens is 1. The third-order valence-corrected chi connectivity index (χ3v) is 5.58. The molecule has 0 amide bonds. The van der Waals surface area contributed by atoms with E-state index in [0.717, 1.165) is 34.1 Å². The number of benzene rings is 3. The van der Waals surface area contributed by atoms with Gasteiger partial charge >= 0.3 is 0 Å². The van der Waals surface area contributed by atoms with Gasteiger partial charge in [-0.2, -0.15) is 0 Å². The van der Waals surface area contributed by atoms with E-state index in [-0.39, 0.29) is 11.8 Å². The Bertz CT molecular complexity index is 899. The number of carbonyl (C=O) groups excluding carboxylic acids is 1. The number of hydrogen-bond donors (Lipinski definition) is 1. The third kappa shape index (κ3) is 5.32. The molecule has 0 radical (unpaired) electrons. The second-order valence-electron chi connectivity index (χ2n) is 6.98. The van der Waals surface area contributed by atoms with Crippen LogP contribution in [-0.4, -0.2) is 5.78 Å². The molecular formula is C25H26BrNO. The number of rotatable bonds is 8. The minimum Gasteiger partial charge on any atom is -0.378 e. The van der Waals surface area contributed by atoms with E-state index in [1.54, 1.807) is 0 Å². The summed E-state index contributed by atoms with van der Waals surface area (Å²) in [6.45, 7) is 4.27. The Balaban J connectivity index is 1.82. The summed E-state index contributed by atoms with van der Waals surface area (Å²) in [5.41, 5.74) is 5.44. The van der Waals surface area contributed by atoms with Crippen LogP contribution in [0.5, 0.6) is 0 Å². The van der Waals surface area contributed by atoms with Gasteiger partial charge in [-0.25, -0.2) is 0 Å². The lowest BCUT2D eigenvalue weighted by Gasteiger charge is -2.20. The van der Waals surface area contributed by atoms with Crippen molar-refractivity contribution < 1.29 is 4.79 Å². The summed E-state index contributed by atoms with van der Waals surface area (Å²) in [5, 5.41) is 3.55. The van der Waals surface area contributed by atoms with Crippen molar-refractivity contribution in [3.63, 3.8) is 0 Å². The summed E-state index contributed by atoms with van der Waals surface area (Å²) in [6, 6.07) is 24.5. The van der Waals surface area contributed by atoms with Crippen molar-refractivity contribution in [2.45, 2.75) is 39.2 Å². The molecule has 3 aromatic carbocycles. The fourth-order valence-electron chi connectivity index (χ4n) is 3.21. The van der Waals surface area contributed by atoms with E-state index in [2.05, 4.69) is 71.5 Å². The highest BCUT2D eigenvalue weighted by atomic mass is 79.9. The molecule has 0 saturated heterocycles. The smallest absolute Gasteiger partial charge is 0.165 e. The molecule has 3 rings (SSSR count). The molecule has 144 valence electrons. The number of aryl methyl sites for hydroxylation is 2. The number of Topliss-reactive ketones (excluding diaryl/α,β-unsaturated/α-hetero) is 1. The van der Waals surface area contributed by atoms with Crippen LogP contribution in [0, 0.1) is 0 Å². The van der Waals surface area contributed by atoms with Crippen molar-refractivity contribution in [2.75, 3.05) is 5.32 Å². The summed E-state index contributed by atoms with van der Waals surface area (Å²) in [6.07, 6.45) is 2.40. The zero-order valence-corrected chi connectivity index (χ0v) is 18.0. The van der Waals surface area contributed by atoms with Gasteiger partial charge in [-0.1, -0.05) is 78.3 Å². The molecule has 0 heterocycles. The van der Waals surface area contributed by atoms with Crippen molar-refractivity contribution in [3.8, 4) is 0 Å². The molecule has 28 heavy (non-hydrogen) atoms. The predicted octanol–water partition coefficient (Wildman–Crippen LogP) is 7.00. The van der Waals surface area contributed by atoms with Gasteiger partial charge in [-0.05, 0) is 53.8 Å². The van der Waals surface area contributed by atoms with Crippen LogP contribution >= 0.6 is 15.9 Å². The minimum absolute atomic E-state index is 0.0843. The van der Waals surface area contributed by atoms with Gasteiger partial charge in [-0.3, -0.25) is 4.79 Å². The second-order valence-corrected chi connectivity index (χ2v) is 7.89. The number of carbonyl (C=O) groups is 1. The van der Waals surface area contributed by atoms with Gasteiger partial charge in [-0.15, -0.1) is 0 Å². The van der Waals surface area contributed by atoms with Gasteiger partial charge in [0.15, 0.2) is 5.78 Å². The van der Waals surface area contributed by atoms with Crippen LogP contribution < -0.4 is 5.32 Å². The first-order chi connectivity index (χ1) is 13.6. The van der Waals surface area contributed by atoms with Gasteiger partial charge in [0, 0.05) is 22.1 Å². The highest BCUT2D eigenvalue weighted by molar-refractivity contribution is 9.10. The van der Waals surface area contributed by atoms with Gasteiger partial charge in [0.05, 0.1) is 6.04 Å². The van der Waals surface area contributed by atoms with E-state index in [4.69, 9.17) is 0 Å². The Morgan fingerprint density at radius 3 is 1.89 bits per heavy atom. The lowest BCUT2D eigenvalue weighted by atomic mass is 9.96. The highest BCUT2D eigenvalue weighted by Gasteiger charge is 2.17. The van der Waals surface area contributed by atoms with Gasteiger partial charge in [0.1, 0.15) is 0 Å². The lowest BCUT2D eigenvalue weighted by molar-refractivity contribution is 0.0976. The first kappa shape index (κ1) is 20.3. The summed E-state index contributed by atoms with van der Waals surface area (Å²) in [5.74, 6) is 0.147. The Hall–Kier alpha value is -2.39. The van der Waals surface area contributed by atoms with Crippen LogP contribution in [0.1, 0.15) is 53.4 Å². The van der Waals surface area contributed by atoms with E-state index < -0.39 is 0 Å². The predicted molar refractivity (Wildman–Crippen MR) is 121 cm³/mol. The minimum atomic E-state index is -0.0843. The van der Waals surface area contributed by atoms with Crippen LogP contribution in [0.3, 0.4) is 0 Å². The average molecular weight is 436 g/mol. The summed E-state index contributed by atoms with van der Waals surface area (Å²) in [4.78, 5) is 12.9. The second kappa shape index (κ2) is 9.70. The van der Waals surface area contributed by atoms with Crippen LogP contribution in [0.15, 0.2) is 77.3 Å². The average Bonchev–Trinajstić information content (AvgIpc) is 2.74. The molecule has 0 unspecified atom stereocenters. The molecule has 0 saturated carbocycles. The van der Waals surface area contributed by atoms with Crippen LogP contribution in [0.2, 0.25) is 0 Å². The molecule has 0 aliphatic heterocycles. The third-order valence-electron chi connectivity index (χ3n) is 5.05. The topological polar surface area (TPSA) is 29.1 Å². The van der Waals surface area contributed by atoms with Crippen molar-refractivity contribution in [1.82, 2.24) is 0 Å². The van der Waals surface area contributed by atoms with E-state index in [9.17, 15) is 4.79 Å². The molecule has 1 atom stereocenters. The first-order valence-corrected chi connectivity index (χ1v) is 10.6. The largest absolute Gasteiger partial charge is 0.378 e. The molecule has 0 spiro atoms. The van der Waals surface area contributed by atoms with Gasteiger partial charge in [0.25, 0.3) is 0 Å². The summed E-state index contributed by atoms with van der Waals surface area (Å²) < 4.78 is 1.03. The number of nitrogens with one attached hydrogen (secondary N) is 1. The van der Waals surface area contributed by atoms with Crippen LogP contribution in [-0.2, 0) is 12.8 Å². The van der Waals surface area contributed by atoms with Crippen molar-refractivity contribution in [3.05, 3.63) is 99.5 Å². The van der Waals surface area contributed by atoms with E-state index in [1.165, 1.54) is 11.1 Å². The SMILES string of the molecule is CCc1ccc(N[C@H](CC(=O)c2ccc(CC)cc2)c2ccc(Br)cc2)cc1. The highest BCUT2D eigenvalue weighted by Crippen LogP contribution is 2.26. The monoisotopic (exact) mass is 435 g/mol. The maximum Gasteiger partial charge on any atom is 0.165 e. The normalized spacial score (nSPS) is 11.8. The maximum atomic E-state index is 12.9. The fraction of sp³-hybridized carbons (Fsp3) is 0.240. The molecule has 0 aliphatic rings. The van der Waals surface area contributed by atoms with E-state index in [1.807, 2.05) is 36.4 Å². The standard InChI is InChI=1S/C25H26BrNO/c1-3-18-5-9-21(10-6-18)25(28)17-24(20-11-13-22(26)14-12-20)27-23-15-7-19(4-2)8-16-23/h5-16,24,27H,3-4,17H2,1-2H3/t24-/m1/s1. The molecule has 0 aliphatic carbocycles. The number of hydrogen-bond acceptors (Lipinski definition) is 2. The number of ketones is 1. The molecule has 3 aromatic rings. The molecule has 0 fully saturated rings. The van der Waals surface area contributed by atoms with Crippen molar-refractivity contribution in [1.29, 1.82) is 0 Å². The van der Waals surface area contributed by atoms with E-state index >= 15 is 0 Å². The molecule has 2 nitrogen and oxygen atoms in total. The van der Waals surface area contributed by atoms with Gasteiger partial charge in [0.2, 0.25) is 0 Å². The molecule has 1 N–H and O–H groups in total. The van der Waals surface area contributed by atoms with E-state index in [0.29, 0.717) is 6.42 Å². The first-order valence-electron chi connectivity index (χ1n) is 9.82. The zero-order chi connectivity index (χ0) is 19.9. The lowest BCUT2D eigenvalue weighted by Crippen LogP contribution is -2.16. The Kier molecular flexibility index (Phi) is 7.05. The van der Waals surface area contributed by atoms with Crippen molar-refractivity contribution in [2.24, 2.45) is 0 Å². The van der Waals surface area contributed by atoms with Crippen molar-refractivity contribution >= 4 is 27.4 Å². The fourth-order valence-corrected chi connectivity index (χ4v) is 3.48. The Labute approximate surface area is 176 Å². The number of anilines is 1. The van der Waals surface area contributed by atoms with Crippen LogP contribution in [0.4, 0.5) is 5.69 Å². The Morgan fingerprint density at radius 1 is 0.821 bits per heavy atom. The van der Waals surface area contributed by atoms with Crippen LogP contribution in [0.25, 0.3) is 0 Å². The Morgan fingerprint density at radius 2 is 1.36 bits per heavy atom. The molecule has 0 bridgehead atoms. The zero-order valence-electron chi connectivity index (χ0n) is 16.4. The summed E-state index contributed by atoms with van der Waals surface area (Å²) in [7, 11) is 0. The quantitative estimate of drug-likeness (QED) is 0.385. The molecule has 3 heteroatoms. The maximum absolute atomic E-state index is 12.9.